The van der Waals surface area contributed by atoms with Crippen molar-refractivity contribution in [2.24, 2.45) is 0 Å². The van der Waals surface area contributed by atoms with Crippen LogP contribution < -0.4 is 4.74 Å². The van der Waals surface area contributed by atoms with Gasteiger partial charge >= 0.3 is 0 Å². The summed E-state index contributed by atoms with van der Waals surface area (Å²) in [5.41, 5.74) is 4.93. The van der Waals surface area contributed by atoms with Crippen molar-refractivity contribution in [3.8, 4) is 5.75 Å². The number of likely N-dealkylation sites (N-methyl/N-ethyl adjacent to an activating group) is 1. The summed E-state index contributed by atoms with van der Waals surface area (Å²) >= 11 is 0. The number of ether oxygens (including phenoxy) is 1. The van der Waals surface area contributed by atoms with E-state index in [0.29, 0.717) is 0 Å². The minimum absolute atomic E-state index is 0.0495. The molecule has 1 unspecified atom stereocenters. The van der Waals surface area contributed by atoms with Gasteiger partial charge in [0.2, 0.25) is 5.91 Å². The van der Waals surface area contributed by atoms with Crippen molar-refractivity contribution in [1.29, 1.82) is 0 Å². The van der Waals surface area contributed by atoms with Crippen molar-refractivity contribution in [1.82, 2.24) is 4.90 Å². The Kier molecular flexibility index (Phi) is 3.85. The summed E-state index contributed by atoms with van der Waals surface area (Å²) in [6, 6.07) is 14.7. The fraction of sp³-hybridized carbons (Fsp3) is 0.286. The molecule has 4 rings (SSSR count). The lowest BCUT2D eigenvalue weighted by Crippen LogP contribution is -2.28. The first-order chi connectivity index (χ1) is 11.7. The predicted octanol–water partition coefficient (Wildman–Crippen LogP) is 3.78. The Morgan fingerprint density at radius 1 is 1.17 bits per heavy atom. The lowest BCUT2D eigenvalue weighted by atomic mass is 10.1. The Hall–Kier alpha value is -2.55. The monoisotopic (exact) mass is 319 g/mol. The topological polar surface area (TPSA) is 29.5 Å². The Bertz CT molecular complexity index is 809. The molecule has 0 spiro atoms. The Balaban J connectivity index is 1.48. The number of fused-ring (bicyclic) bond motifs is 2. The maximum Gasteiger partial charge on any atom is 0.246 e. The number of hydrogen-bond donors (Lipinski definition) is 0. The van der Waals surface area contributed by atoms with Crippen LogP contribution in [0.2, 0.25) is 0 Å². The molecule has 1 amide bonds. The number of benzene rings is 2. The van der Waals surface area contributed by atoms with Crippen LogP contribution in [0.4, 0.5) is 0 Å². The van der Waals surface area contributed by atoms with Gasteiger partial charge in [-0.2, -0.15) is 0 Å². The zero-order chi connectivity index (χ0) is 16.5. The molecule has 0 saturated carbocycles. The van der Waals surface area contributed by atoms with E-state index in [-0.39, 0.29) is 11.9 Å². The van der Waals surface area contributed by atoms with Gasteiger partial charge in [0.05, 0.1) is 12.6 Å². The molecule has 1 aliphatic heterocycles. The van der Waals surface area contributed by atoms with Crippen molar-refractivity contribution in [3.05, 3.63) is 70.8 Å². The van der Waals surface area contributed by atoms with Crippen LogP contribution >= 0.6 is 0 Å². The highest BCUT2D eigenvalue weighted by Gasteiger charge is 2.27. The highest BCUT2D eigenvalue weighted by molar-refractivity contribution is 5.92. The molecule has 1 atom stereocenters. The second-order valence-corrected chi connectivity index (χ2v) is 6.50. The van der Waals surface area contributed by atoms with Crippen molar-refractivity contribution in [2.75, 3.05) is 13.7 Å². The van der Waals surface area contributed by atoms with E-state index in [4.69, 9.17) is 4.74 Å². The number of carbonyl (C=O) groups excluding carboxylic acids is 1. The number of hydrogen-bond acceptors (Lipinski definition) is 2. The van der Waals surface area contributed by atoms with Crippen LogP contribution in [0.5, 0.6) is 5.75 Å². The van der Waals surface area contributed by atoms with E-state index in [1.54, 1.807) is 6.08 Å². The summed E-state index contributed by atoms with van der Waals surface area (Å²) in [6.07, 6.45) is 6.58. The van der Waals surface area contributed by atoms with Crippen molar-refractivity contribution >= 4 is 12.0 Å². The molecule has 0 N–H and O–H groups in total. The molecule has 1 aliphatic carbocycles. The van der Waals surface area contributed by atoms with Crippen LogP contribution in [-0.2, 0) is 17.6 Å². The van der Waals surface area contributed by atoms with Gasteiger partial charge in [0.15, 0.2) is 0 Å². The molecule has 0 fully saturated rings. The minimum Gasteiger partial charge on any atom is -0.493 e. The van der Waals surface area contributed by atoms with Crippen molar-refractivity contribution in [3.63, 3.8) is 0 Å². The van der Waals surface area contributed by atoms with Gasteiger partial charge in [0.1, 0.15) is 5.75 Å². The van der Waals surface area contributed by atoms with Gasteiger partial charge in [0, 0.05) is 19.5 Å². The van der Waals surface area contributed by atoms with E-state index < -0.39 is 0 Å². The average molecular weight is 319 g/mol. The third-order valence-electron chi connectivity index (χ3n) is 5.05. The fourth-order valence-corrected chi connectivity index (χ4v) is 3.69. The van der Waals surface area contributed by atoms with Gasteiger partial charge < -0.3 is 9.64 Å². The van der Waals surface area contributed by atoms with E-state index in [9.17, 15) is 4.79 Å². The minimum atomic E-state index is 0.0495. The normalized spacial score (nSPS) is 18.3. The molecule has 0 bridgehead atoms. The van der Waals surface area contributed by atoms with Crippen molar-refractivity contribution in [2.45, 2.75) is 25.3 Å². The maximum absolute atomic E-state index is 12.6. The van der Waals surface area contributed by atoms with Crippen LogP contribution in [-0.4, -0.2) is 24.5 Å². The van der Waals surface area contributed by atoms with Gasteiger partial charge in [-0.1, -0.05) is 30.3 Å². The van der Waals surface area contributed by atoms with E-state index in [0.717, 1.165) is 37.2 Å². The summed E-state index contributed by atoms with van der Waals surface area (Å²) in [5, 5.41) is 0. The lowest BCUT2D eigenvalue weighted by Gasteiger charge is -2.24. The van der Waals surface area contributed by atoms with Gasteiger partial charge in [-0.25, -0.2) is 0 Å². The Labute approximate surface area is 142 Å². The van der Waals surface area contributed by atoms with Crippen LogP contribution in [0.1, 0.15) is 34.7 Å². The SMILES string of the molecule is CN(C(=O)C=Cc1ccc2c(c1)CCO2)C1CCc2ccccc21. The summed E-state index contributed by atoms with van der Waals surface area (Å²) in [6.45, 7) is 0.755. The fourth-order valence-electron chi connectivity index (χ4n) is 3.69. The van der Waals surface area contributed by atoms with E-state index in [1.165, 1.54) is 16.7 Å². The second kappa shape index (κ2) is 6.16. The summed E-state index contributed by atoms with van der Waals surface area (Å²) in [7, 11) is 1.90. The smallest absolute Gasteiger partial charge is 0.246 e. The van der Waals surface area contributed by atoms with Crippen LogP contribution in [0.15, 0.2) is 48.5 Å². The van der Waals surface area contributed by atoms with Gasteiger partial charge in [-0.15, -0.1) is 0 Å². The molecular weight excluding hydrogens is 298 g/mol. The summed E-state index contributed by atoms with van der Waals surface area (Å²) in [4.78, 5) is 14.4. The zero-order valence-electron chi connectivity index (χ0n) is 13.9. The van der Waals surface area contributed by atoms with Crippen LogP contribution in [0, 0.1) is 0 Å². The summed E-state index contributed by atoms with van der Waals surface area (Å²) in [5.74, 6) is 1.02. The van der Waals surface area contributed by atoms with Gasteiger partial charge in [-0.3, -0.25) is 4.79 Å². The molecular formula is C21H21NO2. The first-order valence-corrected chi connectivity index (χ1v) is 8.51. The zero-order valence-corrected chi connectivity index (χ0v) is 13.9. The molecule has 24 heavy (non-hydrogen) atoms. The number of rotatable bonds is 3. The standard InChI is InChI=1S/C21H21NO2/c1-22(19-9-8-16-4-2-3-5-18(16)19)21(23)11-7-15-6-10-20-17(14-15)12-13-24-20/h2-7,10-11,14,19H,8-9,12-13H2,1H3. The highest BCUT2D eigenvalue weighted by atomic mass is 16.5. The molecule has 122 valence electrons. The molecule has 2 aromatic carbocycles. The maximum atomic E-state index is 12.6. The number of amides is 1. The first-order valence-electron chi connectivity index (χ1n) is 8.51. The molecule has 0 radical (unpaired) electrons. The largest absolute Gasteiger partial charge is 0.493 e. The lowest BCUT2D eigenvalue weighted by molar-refractivity contribution is -0.126. The molecule has 3 nitrogen and oxygen atoms in total. The van der Waals surface area contributed by atoms with E-state index in [1.807, 2.05) is 30.2 Å². The van der Waals surface area contributed by atoms with Crippen LogP contribution in [0.3, 0.4) is 0 Å². The molecule has 1 heterocycles. The molecule has 2 aromatic rings. The number of carbonyl (C=O) groups is 1. The first kappa shape index (κ1) is 15.0. The van der Waals surface area contributed by atoms with Crippen molar-refractivity contribution < 1.29 is 9.53 Å². The van der Waals surface area contributed by atoms with Gasteiger partial charge in [-0.05, 0) is 53.3 Å². The third kappa shape index (κ3) is 2.71. The number of aryl methyl sites for hydroxylation is 1. The molecule has 2 aliphatic rings. The van der Waals surface area contributed by atoms with Gasteiger partial charge in [0.25, 0.3) is 0 Å². The van der Waals surface area contributed by atoms with Crippen LogP contribution in [0.25, 0.3) is 6.08 Å². The Morgan fingerprint density at radius 2 is 2.04 bits per heavy atom. The number of nitrogens with zero attached hydrogens (tertiary/aromatic N) is 1. The highest BCUT2D eigenvalue weighted by Crippen LogP contribution is 2.35. The summed E-state index contributed by atoms with van der Waals surface area (Å²) < 4.78 is 5.52. The average Bonchev–Trinajstić information content (AvgIpc) is 3.25. The Morgan fingerprint density at radius 3 is 2.96 bits per heavy atom. The second-order valence-electron chi connectivity index (χ2n) is 6.50. The molecule has 3 heteroatoms. The molecule has 0 saturated heterocycles. The third-order valence-corrected chi connectivity index (χ3v) is 5.05. The molecule has 0 aromatic heterocycles. The predicted molar refractivity (Wildman–Crippen MR) is 94.9 cm³/mol. The quantitative estimate of drug-likeness (QED) is 0.806. The van der Waals surface area contributed by atoms with E-state index in [2.05, 4.69) is 30.3 Å². The van der Waals surface area contributed by atoms with E-state index >= 15 is 0 Å².